The van der Waals surface area contributed by atoms with Gasteiger partial charge in [0.05, 0.1) is 5.56 Å². The molecule has 3 aromatic rings. The third-order valence-electron chi connectivity index (χ3n) is 5.31. The molecular formula is C21H25N7O2. The fourth-order valence-corrected chi connectivity index (χ4v) is 3.66. The summed E-state index contributed by atoms with van der Waals surface area (Å²) in [6.07, 6.45) is 6.64. The number of carbonyl (C=O) groups excluding carboxylic acids is 2. The lowest BCUT2D eigenvalue weighted by atomic mass is 10.1. The molecule has 156 valence electrons. The Labute approximate surface area is 174 Å². The van der Waals surface area contributed by atoms with Crippen LogP contribution >= 0.6 is 0 Å². The molecule has 0 unspecified atom stereocenters. The van der Waals surface area contributed by atoms with Crippen molar-refractivity contribution in [3.63, 3.8) is 0 Å². The molecule has 9 nitrogen and oxygen atoms in total. The van der Waals surface area contributed by atoms with Crippen LogP contribution in [0.4, 0.5) is 5.95 Å². The van der Waals surface area contributed by atoms with Gasteiger partial charge in [0, 0.05) is 63.1 Å². The van der Waals surface area contributed by atoms with Crippen LogP contribution in [0.2, 0.25) is 0 Å². The first-order valence-electron chi connectivity index (χ1n) is 10.1. The molecule has 0 atom stereocenters. The first-order valence-corrected chi connectivity index (χ1v) is 10.1. The van der Waals surface area contributed by atoms with E-state index < -0.39 is 5.91 Å². The number of hydrogen-bond acceptors (Lipinski definition) is 6. The molecule has 30 heavy (non-hydrogen) atoms. The number of anilines is 1. The number of aromatic nitrogens is 4. The van der Waals surface area contributed by atoms with Crippen LogP contribution in [0.25, 0.3) is 10.9 Å². The van der Waals surface area contributed by atoms with Crippen molar-refractivity contribution in [3.8, 4) is 0 Å². The highest BCUT2D eigenvalue weighted by atomic mass is 16.2. The van der Waals surface area contributed by atoms with E-state index in [1.807, 2.05) is 36.5 Å². The Balaban J connectivity index is 1.27. The molecule has 0 spiro atoms. The molecule has 0 aliphatic carbocycles. The molecule has 1 aliphatic heterocycles. The number of piperazine rings is 1. The van der Waals surface area contributed by atoms with Crippen LogP contribution in [0.1, 0.15) is 28.8 Å². The number of rotatable bonds is 6. The second-order valence-corrected chi connectivity index (χ2v) is 7.53. The minimum absolute atomic E-state index is 0.147. The van der Waals surface area contributed by atoms with Crippen molar-refractivity contribution in [2.75, 3.05) is 31.1 Å². The summed E-state index contributed by atoms with van der Waals surface area (Å²) in [6.45, 7) is 5.37. The third kappa shape index (κ3) is 4.24. The van der Waals surface area contributed by atoms with Gasteiger partial charge in [-0.1, -0.05) is 12.1 Å². The zero-order valence-electron chi connectivity index (χ0n) is 17.0. The molecule has 0 saturated carbocycles. The lowest BCUT2D eigenvalue weighted by Crippen LogP contribution is -2.49. The maximum atomic E-state index is 12.6. The summed E-state index contributed by atoms with van der Waals surface area (Å²) in [6, 6.07) is 5.36. The molecule has 1 fully saturated rings. The highest BCUT2D eigenvalue weighted by molar-refractivity contribution is 6.04. The molecule has 2 N–H and O–H groups in total. The Morgan fingerprint density at radius 1 is 1.10 bits per heavy atom. The second kappa shape index (κ2) is 8.48. The van der Waals surface area contributed by atoms with Crippen LogP contribution in [0.15, 0.2) is 36.8 Å². The van der Waals surface area contributed by atoms with Crippen LogP contribution in [0.5, 0.6) is 0 Å². The van der Waals surface area contributed by atoms with Gasteiger partial charge in [0.15, 0.2) is 0 Å². The van der Waals surface area contributed by atoms with Gasteiger partial charge in [-0.25, -0.2) is 9.97 Å². The Morgan fingerprint density at radius 2 is 1.83 bits per heavy atom. The van der Waals surface area contributed by atoms with Crippen LogP contribution in [0.3, 0.4) is 0 Å². The van der Waals surface area contributed by atoms with Crippen molar-refractivity contribution in [1.82, 2.24) is 24.6 Å². The lowest BCUT2D eigenvalue weighted by Gasteiger charge is -2.34. The van der Waals surface area contributed by atoms with E-state index in [0.29, 0.717) is 49.5 Å². The SMILES string of the molecule is Cc1cnc(N2CCN(C(=O)CCCn3cc4cccc(C(N)=O)c4n3)CC2)nc1. The van der Waals surface area contributed by atoms with E-state index in [0.717, 1.165) is 24.0 Å². The van der Waals surface area contributed by atoms with Gasteiger partial charge in [-0.05, 0) is 25.0 Å². The fourth-order valence-electron chi connectivity index (χ4n) is 3.66. The molecule has 1 aromatic carbocycles. The molecule has 9 heteroatoms. The van der Waals surface area contributed by atoms with E-state index in [2.05, 4.69) is 20.0 Å². The van der Waals surface area contributed by atoms with Gasteiger partial charge in [0.1, 0.15) is 5.52 Å². The second-order valence-electron chi connectivity index (χ2n) is 7.53. The van der Waals surface area contributed by atoms with Crippen LogP contribution in [-0.2, 0) is 11.3 Å². The summed E-state index contributed by atoms with van der Waals surface area (Å²) < 4.78 is 1.77. The maximum Gasteiger partial charge on any atom is 0.250 e. The third-order valence-corrected chi connectivity index (χ3v) is 5.31. The highest BCUT2D eigenvalue weighted by Crippen LogP contribution is 2.17. The minimum atomic E-state index is -0.490. The van der Waals surface area contributed by atoms with E-state index in [4.69, 9.17) is 5.73 Å². The Kier molecular flexibility index (Phi) is 5.60. The van der Waals surface area contributed by atoms with E-state index in [9.17, 15) is 9.59 Å². The van der Waals surface area contributed by atoms with Gasteiger partial charge in [-0.15, -0.1) is 0 Å². The summed E-state index contributed by atoms with van der Waals surface area (Å²) in [5, 5.41) is 5.33. The van der Waals surface area contributed by atoms with Crippen molar-refractivity contribution in [2.24, 2.45) is 5.73 Å². The summed E-state index contributed by atoms with van der Waals surface area (Å²) in [7, 11) is 0. The Bertz CT molecular complexity index is 1050. The molecule has 3 heterocycles. The number of hydrogen-bond donors (Lipinski definition) is 1. The summed E-state index contributed by atoms with van der Waals surface area (Å²) in [5.41, 5.74) is 7.46. The average Bonchev–Trinajstić information content (AvgIpc) is 3.17. The van der Waals surface area contributed by atoms with Gasteiger partial charge in [-0.3, -0.25) is 14.3 Å². The van der Waals surface area contributed by atoms with E-state index in [1.165, 1.54) is 0 Å². The van der Waals surface area contributed by atoms with Crippen molar-refractivity contribution in [3.05, 3.63) is 47.9 Å². The van der Waals surface area contributed by atoms with Gasteiger partial charge >= 0.3 is 0 Å². The van der Waals surface area contributed by atoms with Gasteiger partial charge in [0.25, 0.3) is 5.91 Å². The first-order chi connectivity index (χ1) is 14.5. The molecule has 2 amide bonds. The standard InChI is InChI=1S/C21H25N7O2/c1-15-12-23-21(24-13-15)27-10-8-26(9-11-27)18(29)6-3-7-28-14-16-4-2-5-17(20(22)30)19(16)25-28/h2,4-5,12-14H,3,6-11H2,1H3,(H2,22,30). The van der Waals surface area contributed by atoms with Gasteiger partial charge in [0.2, 0.25) is 11.9 Å². The zero-order valence-corrected chi connectivity index (χ0v) is 17.0. The number of aryl methyl sites for hydroxylation is 2. The van der Waals surface area contributed by atoms with Crippen molar-refractivity contribution >= 4 is 28.7 Å². The normalized spacial score (nSPS) is 14.3. The predicted molar refractivity (Wildman–Crippen MR) is 113 cm³/mol. The lowest BCUT2D eigenvalue weighted by molar-refractivity contribution is -0.131. The molecule has 0 radical (unpaired) electrons. The average molecular weight is 407 g/mol. The van der Waals surface area contributed by atoms with E-state index in [1.54, 1.807) is 16.8 Å². The number of amides is 2. The maximum absolute atomic E-state index is 12.6. The van der Waals surface area contributed by atoms with Crippen molar-refractivity contribution < 1.29 is 9.59 Å². The fraction of sp³-hybridized carbons (Fsp3) is 0.381. The zero-order chi connectivity index (χ0) is 21.1. The Morgan fingerprint density at radius 3 is 2.53 bits per heavy atom. The summed E-state index contributed by atoms with van der Waals surface area (Å²) in [4.78, 5) is 36.8. The minimum Gasteiger partial charge on any atom is -0.366 e. The van der Waals surface area contributed by atoms with Crippen LogP contribution in [0, 0.1) is 6.92 Å². The Hall–Kier alpha value is -3.49. The number of primary amides is 1. The topological polar surface area (TPSA) is 110 Å². The number of benzene rings is 1. The van der Waals surface area contributed by atoms with Crippen molar-refractivity contribution in [1.29, 1.82) is 0 Å². The summed E-state index contributed by atoms with van der Waals surface area (Å²) in [5.74, 6) is 0.374. The molecule has 0 bridgehead atoms. The smallest absolute Gasteiger partial charge is 0.250 e. The quantitative estimate of drug-likeness (QED) is 0.661. The van der Waals surface area contributed by atoms with E-state index >= 15 is 0 Å². The number of nitrogens with two attached hydrogens (primary N) is 1. The van der Waals surface area contributed by atoms with Gasteiger partial charge in [-0.2, -0.15) is 5.10 Å². The highest BCUT2D eigenvalue weighted by Gasteiger charge is 2.22. The number of fused-ring (bicyclic) bond motifs is 1. The predicted octanol–water partition coefficient (Wildman–Crippen LogP) is 1.36. The van der Waals surface area contributed by atoms with Crippen LogP contribution < -0.4 is 10.6 Å². The monoisotopic (exact) mass is 407 g/mol. The largest absolute Gasteiger partial charge is 0.366 e. The molecular weight excluding hydrogens is 382 g/mol. The first kappa shape index (κ1) is 19.8. The number of nitrogens with zero attached hydrogens (tertiary/aromatic N) is 6. The van der Waals surface area contributed by atoms with Gasteiger partial charge < -0.3 is 15.5 Å². The van der Waals surface area contributed by atoms with Crippen molar-refractivity contribution in [2.45, 2.75) is 26.3 Å². The van der Waals surface area contributed by atoms with Crippen LogP contribution in [-0.4, -0.2) is 62.6 Å². The molecule has 1 saturated heterocycles. The molecule has 2 aromatic heterocycles. The molecule has 1 aliphatic rings. The summed E-state index contributed by atoms with van der Waals surface area (Å²) >= 11 is 0. The van der Waals surface area contributed by atoms with E-state index in [-0.39, 0.29) is 5.91 Å². The molecule has 4 rings (SSSR count). The number of carbonyl (C=O) groups is 2.